The minimum absolute atomic E-state index is 0.239. The maximum absolute atomic E-state index is 11.2. The largest absolute Gasteiger partial charge is 0.478 e. The molecule has 2 heterocycles. The van der Waals surface area contributed by atoms with Crippen molar-refractivity contribution in [1.29, 1.82) is 0 Å². The standard InChI is InChI=1S/C15H15NO3S/c1-9-13(7-8-19-9)20-14-6-5-10-11(15(17)18)3-2-4-12(10)16-14/h2-6,9,13H,7-8H2,1H3,(H,17,18). The van der Waals surface area contributed by atoms with Gasteiger partial charge in [0.1, 0.15) is 0 Å². The van der Waals surface area contributed by atoms with Gasteiger partial charge in [-0.25, -0.2) is 9.78 Å². The predicted octanol–water partition coefficient (Wildman–Crippen LogP) is 3.20. The molecule has 2 atom stereocenters. The molecule has 4 nitrogen and oxygen atoms in total. The summed E-state index contributed by atoms with van der Waals surface area (Å²) in [6.07, 6.45) is 1.27. The molecule has 1 N–H and O–H groups in total. The summed E-state index contributed by atoms with van der Waals surface area (Å²) in [4.78, 5) is 15.7. The van der Waals surface area contributed by atoms with Crippen molar-refractivity contribution in [1.82, 2.24) is 4.98 Å². The van der Waals surface area contributed by atoms with E-state index >= 15 is 0 Å². The minimum Gasteiger partial charge on any atom is -0.478 e. The van der Waals surface area contributed by atoms with Crippen LogP contribution >= 0.6 is 11.8 Å². The Morgan fingerprint density at radius 3 is 2.95 bits per heavy atom. The molecule has 5 heteroatoms. The van der Waals surface area contributed by atoms with E-state index < -0.39 is 5.97 Å². The Morgan fingerprint density at radius 2 is 2.25 bits per heavy atom. The molecule has 0 aliphatic carbocycles. The van der Waals surface area contributed by atoms with Gasteiger partial charge in [-0.15, -0.1) is 11.8 Å². The van der Waals surface area contributed by atoms with Crippen molar-refractivity contribution in [2.75, 3.05) is 6.61 Å². The highest BCUT2D eigenvalue weighted by Gasteiger charge is 2.25. The average Bonchev–Trinajstić information content (AvgIpc) is 2.83. The van der Waals surface area contributed by atoms with Crippen molar-refractivity contribution in [2.45, 2.75) is 29.7 Å². The van der Waals surface area contributed by atoms with E-state index in [4.69, 9.17) is 9.84 Å². The van der Waals surface area contributed by atoms with E-state index in [2.05, 4.69) is 11.9 Å². The molecule has 1 aliphatic heterocycles. The van der Waals surface area contributed by atoms with Gasteiger partial charge in [0.25, 0.3) is 0 Å². The van der Waals surface area contributed by atoms with E-state index in [1.165, 1.54) is 0 Å². The van der Waals surface area contributed by atoms with E-state index in [1.807, 2.05) is 18.2 Å². The summed E-state index contributed by atoms with van der Waals surface area (Å²) in [5.74, 6) is -0.921. The van der Waals surface area contributed by atoms with E-state index in [0.717, 1.165) is 23.6 Å². The first-order chi connectivity index (χ1) is 9.65. The first-order valence-electron chi connectivity index (χ1n) is 6.56. The summed E-state index contributed by atoms with van der Waals surface area (Å²) in [6.45, 7) is 2.88. The molecule has 1 fully saturated rings. The van der Waals surface area contributed by atoms with Crippen LogP contribution in [0.2, 0.25) is 0 Å². The van der Waals surface area contributed by atoms with Crippen molar-refractivity contribution in [3.63, 3.8) is 0 Å². The zero-order valence-electron chi connectivity index (χ0n) is 11.1. The van der Waals surface area contributed by atoms with Crippen LogP contribution in [-0.4, -0.2) is 34.0 Å². The van der Waals surface area contributed by atoms with Crippen LogP contribution in [0, 0.1) is 0 Å². The molecule has 0 amide bonds. The number of carbonyl (C=O) groups is 1. The molecule has 1 saturated heterocycles. The van der Waals surface area contributed by atoms with Crippen LogP contribution in [0.4, 0.5) is 0 Å². The molecule has 1 aromatic heterocycles. The van der Waals surface area contributed by atoms with Crippen molar-refractivity contribution < 1.29 is 14.6 Å². The summed E-state index contributed by atoms with van der Waals surface area (Å²) >= 11 is 1.70. The third kappa shape index (κ3) is 2.51. The topological polar surface area (TPSA) is 59.4 Å². The second kappa shape index (κ2) is 5.42. The van der Waals surface area contributed by atoms with Gasteiger partial charge in [0.15, 0.2) is 0 Å². The molecule has 2 aromatic rings. The molecular weight excluding hydrogens is 274 g/mol. The Morgan fingerprint density at radius 1 is 1.40 bits per heavy atom. The number of carboxylic acid groups (broad SMARTS) is 1. The summed E-state index contributed by atoms with van der Waals surface area (Å²) in [7, 11) is 0. The number of benzene rings is 1. The average molecular weight is 289 g/mol. The molecule has 104 valence electrons. The first kappa shape index (κ1) is 13.4. The smallest absolute Gasteiger partial charge is 0.336 e. The van der Waals surface area contributed by atoms with Crippen molar-refractivity contribution in [3.8, 4) is 0 Å². The van der Waals surface area contributed by atoms with Gasteiger partial charge in [0.2, 0.25) is 0 Å². The second-order valence-corrected chi connectivity index (χ2v) is 6.11. The molecule has 1 aliphatic rings. The molecule has 0 bridgehead atoms. The van der Waals surface area contributed by atoms with Gasteiger partial charge in [-0.1, -0.05) is 6.07 Å². The first-order valence-corrected chi connectivity index (χ1v) is 7.44. The van der Waals surface area contributed by atoms with E-state index in [0.29, 0.717) is 16.2 Å². The lowest BCUT2D eigenvalue weighted by Gasteiger charge is -2.13. The predicted molar refractivity (Wildman–Crippen MR) is 78.4 cm³/mol. The molecule has 3 rings (SSSR count). The van der Waals surface area contributed by atoms with Gasteiger partial charge in [0, 0.05) is 17.2 Å². The van der Waals surface area contributed by atoms with E-state index in [9.17, 15) is 4.79 Å². The lowest BCUT2D eigenvalue weighted by Crippen LogP contribution is -2.13. The van der Waals surface area contributed by atoms with E-state index in [1.54, 1.807) is 23.9 Å². The van der Waals surface area contributed by atoms with Crippen LogP contribution < -0.4 is 0 Å². The van der Waals surface area contributed by atoms with Gasteiger partial charge in [0.05, 0.1) is 22.2 Å². The maximum atomic E-state index is 11.2. The molecule has 0 radical (unpaired) electrons. The lowest BCUT2D eigenvalue weighted by molar-refractivity contribution is 0.0699. The normalized spacial score (nSPS) is 22.2. The van der Waals surface area contributed by atoms with Crippen LogP contribution in [0.3, 0.4) is 0 Å². The number of nitrogens with zero attached hydrogens (tertiary/aromatic N) is 1. The highest BCUT2D eigenvalue weighted by atomic mass is 32.2. The fourth-order valence-electron chi connectivity index (χ4n) is 2.41. The van der Waals surface area contributed by atoms with Gasteiger partial charge in [-0.3, -0.25) is 0 Å². The number of fused-ring (bicyclic) bond motifs is 1. The molecular formula is C15H15NO3S. The Balaban J connectivity index is 1.93. The number of ether oxygens (including phenoxy) is 1. The highest BCUT2D eigenvalue weighted by Crippen LogP contribution is 2.32. The zero-order chi connectivity index (χ0) is 14.1. The quantitative estimate of drug-likeness (QED) is 0.940. The Labute approximate surface area is 121 Å². The van der Waals surface area contributed by atoms with Crippen LogP contribution in [-0.2, 0) is 4.74 Å². The van der Waals surface area contributed by atoms with Crippen LogP contribution in [0.25, 0.3) is 10.9 Å². The molecule has 0 spiro atoms. The number of aromatic nitrogens is 1. The van der Waals surface area contributed by atoms with E-state index in [-0.39, 0.29) is 6.10 Å². The lowest BCUT2D eigenvalue weighted by atomic mass is 10.1. The second-order valence-electron chi connectivity index (χ2n) is 4.85. The SMILES string of the molecule is CC1OCCC1Sc1ccc2c(C(=O)O)cccc2n1. The Kier molecular flexibility index (Phi) is 3.63. The number of pyridine rings is 1. The van der Waals surface area contributed by atoms with Crippen LogP contribution in [0.1, 0.15) is 23.7 Å². The number of rotatable bonds is 3. The van der Waals surface area contributed by atoms with Crippen molar-refractivity contribution in [2.24, 2.45) is 0 Å². The van der Waals surface area contributed by atoms with Crippen molar-refractivity contribution in [3.05, 3.63) is 35.9 Å². The van der Waals surface area contributed by atoms with Gasteiger partial charge in [-0.05, 0) is 37.6 Å². The molecule has 2 unspecified atom stereocenters. The Hall–Kier alpha value is -1.59. The number of aromatic carboxylic acids is 1. The fourth-order valence-corrected chi connectivity index (χ4v) is 3.50. The monoisotopic (exact) mass is 289 g/mol. The minimum atomic E-state index is -0.921. The summed E-state index contributed by atoms with van der Waals surface area (Å²) in [5, 5.41) is 11.2. The summed E-state index contributed by atoms with van der Waals surface area (Å²) < 4.78 is 5.55. The van der Waals surface area contributed by atoms with Gasteiger partial charge >= 0.3 is 5.97 Å². The zero-order valence-corrected chi connectivity index (χ0v) is 11.9. The third-order valence-electron chi connectivity index (χ3n) is 3.52. The maximum Gasteiger partial charge on any atom is 0.336 e. The highest BCUT2D eigenvalue weighted by molar-refractivity contribution is 7.99. The van der Waals surface area contributed by atoms with Gasteiger partial charge < -0.3 is 9.84 Å². The van der Waals surface area contributed by atoms with Crippen LogP contribution in [0.5, 0.6) is 0 Å². The summed E-state index contributed by atoms with van der Waals surface area (Å²) in [6, 6.07) is 8.92. The Bertz CT molecular complexity index is 659. The van der Waals surface area contributed by atoms with Crippen molar-refractivity contribution >= 4 is 28.6 Å². The molecule has 0 saturated carbocycles. The van der Waals surface area contributed by atoms with Crippen LogP contribution in [0.15, 0.2) is 35.4 Å². The number of thioether (sulfide) groups is 1. The molecule has 20 heavy (non-hydrogen) atoms. The molecule has 1 aromatic carbocycles. The van der Waals surface area contributed by atoms with Gasteiger partial charge in [-0.2, -0.15) is 0 Å². The number of hydrogen-bond donors (Lipinski definition) is 1. The summed E-state index contributed by atoms with van der Waals surface area (Å²) in [5.41, 5.74) is 1.02. The fraction of sp³-hybridized carbons (Fsp3) is 0.333. The third-order valence-corrected chi connectivity index (χ3v) is 4.91. The number of hydrogen-bond acceptors (Lipinski definition) is 4. The number of carboxylic acids is 1.